The summed E-state index contributed by atoms with van der Waals surface area (Å²) in [5.41, 5.74) is 4.14. The van der Waals surface area contributed by atoms with Gasteiger partial charge in [-0.25, -0.2) is 0 Å². The van der Waals surface area contributed by atoms with Gasteiger partial charge in [-0.05, 0) is 45.8 Å². The maximum atomic E-state index is 4.50. The van der Waals surface area contributed by atoms with E-state index in [1.54, 1.807) is 6.20 Å². The zero-order valence-electron chi connectivity index (χ0n) is 11.4. The molecule has 3 aromatic rings. The minimum absolute atomic E-state index is 0.824. The minimum atomic E-state index is 0.824. The molecule has 0 fully saturated rings. The van der Waals surface area contributed by atoms with E-state index in [0.717, 1.165) is 32.2 Å². The number of aromatic nitrogens is 2. The Hall–Kier alpha value is -1.46. The molecule has 0 atom stereocenters. The molecule has 2 aromatic heterocycles. The summed E-state index contributed by atoms with van der Waals surface area (Å²) >= 11 is 6.89. The van der Waals surface area contributed by atoms with Crippen LogP contribution in [0.5, 0.6) is 0 Å². The predicted molar refractivity (Wildman–Crippen MR) is 93.5 cm³/mol. The number of rotatable bonds is 3. The lowest BCUT2D eigenvalue weighted by atomic mass is 10.2. The molecule has 21 heavy (non-hydrogen) atoms. The first-order valence-electron chi connectivity index (χ1n) is 6.49. The monoisotopic (exact) mass is 405 g/mol. The van der Waals surface area contributed by atoms with Crippen molar-refractivity contribution in [3.05, 3.63) is 63.3 Å². The first kappa shape index (κ1) is 14.5. The first-order chi connectivity index (χ1) is 10.1. The second kappa shape index (κ2) is 6.12. The van der Waals surface area contributed by atoms with E-state index in [1.165, 1.54) is 5.56 Å². The fourth-order valence-electron chi connectivity index (χ4n) is 2.25. The minimum Gasteiger partial charge on any atom is -0.368 e. The Labute approximate surface area is 140 Å². The number of hydrogen-bond acceptors (Lipinski definition) is 3. The zero-order chi connectivity index (χ0) is 14.8. The fraction of sp³-hybridized carbons (Fsp3) is 0.125. The summed E-state index contributed by atoms with van der Waals surface area (Å²) in [4.78, 5) is 11.1. The highest BCUT2D eigenvalue weighted by Crippen LogP contribution is 2.25. The lowest BCUT2D eigenvalue weighted by molar-refractivity contribution is 0.924. The quantitative estimate of drug-likeness (QED) is 0.626. The van der Waals surface area contributed by atoms with Crippen molar-refractivity contribution in [1.29, 1.82) is 0 Å². The van der Waals surface area contributed by atoms with Crippen LogP contribution in [0.25, 0.3) is 11.0 Å². The number of fused-ring (bicyclic) bond motifs is 1. The van der Waals surface area contributed by atoms with Crippen molar-refractivity contribution in [2.45, 2.75) is 6.54 Å². The third kappa shape index (κ3) is 3.24. The first-order valence-corrected chi connectivity index (χ1v) is 8.08. The highest BCUT2D eigenvalue weighted by atomic mass is 79.9. The Bertz CT molecular complexity index is 772. The number of anilines is 1. The molecule has 0 aliphatic carbocycles. The molecule has 3 rings (SSSR count). The predicted octanol–water partition coefficient (Wildman–Crippen LogP) is 4.79. The fourth-order valence-corrected chi connectivity index (χ4v) is 2.83. The van der Waals surface area contributed by atoms with Crippen molar-refractivity contribution in [3.8, 4) is 0 Å². The Morgan fingerprint density at radius 2 is 1.76 bits per heavy atom. The van der Waals surface area contributed by atoms with Crippen LogP contribution in [0, 0.1) is 0 Å². The average molecular weight is 407 g/mol. The second-order valence-corrected chi connectivity index (χ2v) is 6.67. The van der Waals surface area contributed by atoms with Crippen molar-refractivity contribution >= 4 is 48.6 Å². The number of pyridine rings is 2. The van der Waals surface area contributed by atoms with Crippen LogP contribution in [-0.2, 0) is 6.54 Å². The van der Waals surface area contributed by atoms with Gasteiger partial charge >= 0.3 is 0 Å². The Morgan fingerprint density at radius 3 is 2.52 bits per heavy atom. The van der Waals surface area contributed by atoms with Crippen LogP contribution < -0.4 is 4.90 Å². The number of halogens is 2. The molecule has 5 heteroatoms. The van der Waals surface area contributed by atoms with E-state index in [1.807, 2.05) is 18.3 Å². The van der Waals surface area contributed by atoms with Crippen molar-refractivity contribution in [2.75, 3.05) is 11.9 Å². The Kier molecular flexibility index (Phi) is 4.22. The van der Waals surface area contributed by atoms with Crippen molar-refractivity contribution < 1.29 is 0 Å². The van der Waals surface area contributed by atoms with Gasteiger partial charge in [-0.3, -0.25) is 9.97 Å². The molecule has 106 valence electrons. The van der Waals surface area contributed by atoms with Crippen LogP contribution in [0.1, 0.15) is 5.56 Å². The smallest absolute Gasteiger partial charge is 0.112 e. The molecule has 0 spiro atoms. The van der Waals surface area contributed by atoms with E-state index < -0.39 is 0 Å². The molecular formula is C16H13Br2N3. The van der Waals surface area contributed by atoms with Crippen LogP contribution in [0.3, 0.4) is 0 Å². The molecule has 0 unspecified atom stereocenters. The molecule has 0 saturated heterocycles. The summed E-state index contributed by atoms with van der Waals surface area (Å²) in [6, 6.07) is 12.3. The summed E-state index contributed by atoms with van der Waals surface area (Å²) in [6.45, 7) is 0.824. The molecule has 0 N–H and O–H groups in total. The van der Waals surface area contributed by atoms with Gasteiger partial charge in [0.2, 0.25) is 0 Å². The van der Waals surface area contributed by atoms with Gasteiger partial charge in [0, 0.05) is 34.9 Å². The van der Waals surface area contributed by atoms with Gasteiger partial charge in [0.1, 0.15) is 5.52 Å². The Balaban J connectivity index is 1.94. The van der Waals surface area contributed by atoms with Crippen LogP contribution in [0.4, 0.5) is 5.69 Å². The standard InChI is InChI=1S/C16H13Br2N3/c1-21(10-11-2-4-12(17)5-3-11)15-6-7-19-14-8-13(18)9-20-16(14)15/h2-9H,10H2,1H3. The highest BCUT2D eigenvalue weighted by Gasteiger charge is 2.09. The van der Waals surface area contributed by atoms with E-state index in [9.17, 15) is 0 Å². The van der Waals surface area contributed by atoms with E-state index >= 15 is 0 Å². The SMILES string of the molecule is CN(Cc1ccc(Br)cc1)c1ccnc2cc(Br)cnc12. The van der Waals surface area contributed by atoms with Gasteiger partial charge < -0.3 is 4.90 Å². The molecule has 0 radical (unpaired) electrons. The van der Waals surface area contributed by atoms with Gasteiger partial charge in [0.05, 0.1) is 11.2 Å². The van der Waals surface area contributed by atoms with Gasteiger partial charge in [-0.2, -0.15) is 0 Å². The molecule has 1 aromatic carbocycles. The van der Waals surface area contributed by atoms with Crippen LogP contribution in [0.15, 0.2) is 57.7 Å². The van der Waals surface area contributed by atoms with Crippen molar-refractivity contribution in [2.24, 2.45) is 0 Å². The maximum Gasteiger partial charge on any atom is 0.112 e. The normalized spacial score (nSPS) is 10.8. The third-order valence-corrected chi connectivity index (χ3v) is 4.23. The van der Waals surface area contributed by atoms with E-state index in [2.05, 4.69) is 78.0 Å². The summed E-state index contributed by atoms with van der Waals surface area (Å²) in [5.74, 6) is 0. The topological polar surface area (TPSA) is 29.0 Å². The maximum absolute atomic E-state index is 4.50. The van der Waals surface area contributed by atoms with Crippen LogP contribution in [0.2, 0.25) is 0 Å². The van der Waals surface area contributed by atoms with Crippen LogP contribution >= 0.6 is 31.9 Å². The molecular weight excluding hydrogens is 394 g/mol. The van der Waals surface area contributed by atoms with Gasteiger partial charge in [0.25, 0.3) is 0 Å². The van der Waals surface area contributed by atoms with Gasteiger partial charge in [-0.1, -0.05) is 28.1 Å². The largest absolute Gasteiger partial charge is 0.368 e. The molecule has 0 aliphatic rings. The molecule has 0 saturated carbocycles. The lowest BCUT2D eigenvalue weighted by Gasteiger charge is -2.20. The third-order valence-electron chi connectivity index (χ3n) is 3.27. The molecule has 3 nitrogen and oxygen atoms in total. The summed E-state index contributed by atoms with van der Waals surface area (Å²) < 4.78 is 2.03. The molecule has 0 aliphatic heterocycles. The van der Waals surface area contributed by atoms with Crippen LogP contribution in [-0.4, -0.2) is 17.0 Å². The van der Waals surface area contributed by atoms with E-state index in [0.29, 0.717) is 0 Å². The summed E-state index contributed by atoms with van der Waals surface area (Å²) in [6.07, 6.45) is 3.63. The van der Waals surface area contributed by atoms with E-state index in [-0.39, 0.29) is 0 Å². The molecule has 0 bridgehead atoms. The van der Waals surface area contributed by atoms with Crippen molar-refractivity contribution in [1.82, 2.24) is 9.97 Å². The summed E-state index contributed by atoms with van der Waals surface area (Å²) in [7, 11) is 2.07. The second-order valence-electron chi connectivity index (χ2n) is 4.83. The van der Waals surface area contributed by atoms with Gasteiger partial charge in [0.15, 0.2) is 0 Å². The van der Waals surface area contributed by atoms with E-state index in [4.69, 9.17) is 0 Å². The number of benzene rings is 1. The summed E-state index contributed by atoms with van der Waals surface area (Å²) in [5, 5.41) is 0. The van der Waals surface area contributed by atoms with Crippen molar-refractivity contribution in [3.63, 3.8) is 0 Å². The van der Waals surface area contributed by atoms with Gasteiger partial charge in [-0.15, -0.1) is 0 Å². The number of nitrogens with zero attached hydrogens (tertiary/aromatic N) is 3. The highest BCUT2D eigenvalue weighted by molar-refractivity contribution is 9.10. The lowest BCUT2D eigenvalue weighted by Crippen LogP contribution is -2.17. The average Bonchev–Trinajstić information content (AvgIpc) is 2.48. The Morgan fingerprint density at radius 1 is 1.00 bits per heavy atom. The molecule has 2 heterocycles. The zero-order valence-corrected chi connectivity index (χ0v) is 14.6. The number of hydrogen-bond donors (Lipinski definition) is 0. The molecule has 0 amide bonds.